The van der Waals surface area contributed by atoms with E-state index in [0.29, 0.717) is 6.04 Å². The van der Waals surface area contributed by atoms with Crippen molar-refractivity contribution in [3.63, 3.8) is 0 Å². The normalized spacial score (nSPS) is 20.8. The molecule has 1 aromatic rings. The van der Waals surface area contributed by atoms with Gasteiger partial charge in [-0.2, -0.15) is 0 Å². The van der Waals surface area contributed by atoms with E-state index in [1.807, 2.05) is 12.3 Å². The molecule has 1 fully saturated rings. The molecule has 0 aromatic carbocycles. The van der Waals surface area contributed by atoms with Crippen LogP contribution in [-0.2, 0) is 0 Å². The summed E-state index contributed by atoms with van der Waals surface area (Å²) >= 11 is 3.34. The Labute approximate surface area is 126 Å². The Bertz CT molecular complexity index is 305. The van der Waals surface area contributed by atoms with E-state index >= 15 is 0 Å². The summed E-state index contributed by atoms with van der Waals surface area (Å²) in [7, 11) is 2.16. The van der Waals surface area contributed by atoms with Crippen molar-refractivity contribution >= 4 is 49.9 Å². The molecule has 92 valence electrons. The second kappa shape index (κ2) is 7.76. The van der Waals surface area contributed by atoms with Gasteiger partial charge in [-0.15, -0.1) is 34.0 Å². The van der Waals surface area contributed by atoms with Crippen molar-refractivity contribution in [2.24, 2.45) is 0 Å². The molecule has 1 aromatic heterocycles. The lowest BCUT2D eigenvalue weighted by atomic mass is 10.1. The van der Waals surface area contributed by atoms with Crippen molar-refractivity contribution < 1.29 is 0 Å². The van der Waals surface area contributed by atoms with E-state index in [0.717, 1.165) is 24.2 Å². The van der Waals surface area contributed by atoms with Crippen LogP contribution in [0.4, 0.5) is 0 Å². The summed E-state index contributed by atoms with van der Waals surface area (Å²) in [6.07, 6.45) is 1.94. The van der Waals surface area contributed by atoms with Gasteiger partial charge in [-0.1, -0.05) is 6.07 Å². The molecule has 1 aliphatic heterocycles. The molecule has 1 N–H and O–H groups in total. The van der Waals surface area contributed by atoms with E-state index in [4.69, 9.17) is 0 Å². The van der Waals surface area contributed by atoms with E-state index in [-0.39, 0.29) is 34.0 Å². The van der Waals surface area contributed by atoms with Gasteiger partial charge in [0.2, 0.25) is 0 Å². The molecule has 3 nitrogen and oxygen atoms in total. The van der Waals surface area contributed by atoms with Crippen molar-refractivity contribution in [2.45, 2.75) is 6.04 Å². The number of aromatic nitrogens is 1. The first-order chi connectivity index (χ1) is 6.77. The largest absolute Gasteiger partial charge is 0.314 e. The van der Waals surface area contributed by atoms with Crippen LogP contribution in [0, 0.1) is 0 Å². The van der Waals surface area contributed by atoms with Crippen LogP contribution < -0.4 is 5.32 Å². The van der Waals surface area contributed by atoms with Crippen molar-refractivity contribution in [2.75, 3.05) is 26.7 Å². The second-order valence-electron chi connectivity index (χ2n) is 3.61. The van der Waals surface area contributed by atoms with Gasteiger partial charge in [0, 0.05) is 31.9 Å². The highest BCUT2D eigenvalue weighted by Crippen LogP contribution is 2.20. The number of likely N-dealkylation sites (N-methyl/N-ethyl adjacent to an activating group) is 1. The number of halogens is 3. The smallest absolute Gasteiger partial charge is 0.106 e. The van der Waals surface area contributed by atoms with Gasteiger partial charge in [-0.05, 0) is 34.6 Å². The van der Waals surface area contributed by atoms with Crippen LogP contribution in [0.25, 0.3) is 0 Å². The number of piperazine rings is 1. The Morgan fingerprint density at radius 2 is 2.19 bits per heavy atom. The summed E-state index contributed by atoms with van der Waals surface area (Å²) in [6, 6.07) is 4.59. The topological polar surface area (TPSA) is 28.2 Å². The standard InChI is InChI=1S/C10H14BrN3.2BrH/c1-14-5-4-12-7-9(14)8-2-3-10(11)13-6-8;;/h2-3,6,9,12H,4-5,7H2,1H3;2*1H. The van der Waals surface area contributed by atoms with Crippen molar-refractivity contribution in [3.05, 3.63) is 28.5 Å². The van der Waals surface area contributed by atoms with Crippen LogP contribution in [0.3, 0.4) is 0 Å². The number of rotatable bonds is 1. The highest BCUT2D eigenvalue weighted by Gasteiger charge is 2.20. The fourth-order valence-corrected chi connectivity index (χ4v) is 2.00. The predicted octanol–water partition coefficient (Wildman–Crippen LogP) is 2.58. The Balaban J connectivity index is 0.00000112. The highest BCUT2D eigenvalue weighted by molar-refractivity contribution is 9.10. The number of nitrogens with one attached hydrogen (secondary N) is 1. The van der Waals surface area contributed by atoms with Gasteiger partial charge < -0.3 is 5.32 Å². The Hall–Kier alpha value is 0.510. The van der Waals surface area contributed by atoms with Gasteiger partial charge in [0.15, 0.2) is 0 Å². The minimum absolute atomic E-state index is 0. The molecular formula is C10H16Br3N3. The minimum atomic E-state index is 0. The van der Waals surface area contributed by atoms with E-state index in [9.17, 15) is 0 Å². The molecular weight excluding hydrogens is 402 g/mol. The van der Waals surface area contributed by atoms with E-state index in [1.54, 1.807) is 0 Å². The first-order valence-corrected chi connectivity index (χ1v) is 5.59. The summed E-state index contributed by atoms with van der Waals surface area (Å²) in [5, 5.41) is 3.40. The Morgan fingerprint density at radius 1 is 1.44 bits per heavy atom. The number of pyridine rings is 1. The van der Waals surface area contributed by atoms with Gasteiger partial charge in [0.1, 0.15) is 4.60 Å². The maximum absolute atomic E-state index is 4.25. The average molecular weight is 418 g/mol. The lowest BCUT2D eigenvalue weighted by Gasteiger charge is -2.33. The van der Waals surface area contributed by atoms with E-state index < -0.39 is 0 Å². The van der Waals surface area contributed by atoms with Crippen molar-refractivity contribution in [3.8, 4) is 0 Å². The zero-order chi connectivity index (χ0) is 9.97. The molecule has 0 saturated carbocycles. The van der Waals surface area contributed by atoms with Crippen LogP contribution in [0.5, 0.6) is 0 Å². The van der Waals surface area contributed by atoms with Crippen LogP contribution in [0.2, 0.25) is 0 Å². The summed E-state index contributed by atoms with van der Waals surface area (Å²) in [4.78, 5) is 6.61. The van der Waals surface area contributed by atoms with Crippen molar-refractivity contribution in [1.29, 1.82) is 0 Å². The summed E-state index contributed by atoms with van der Waals surface area (Å²) in [5.74, 6) is 0. The SMILES string of the molecule is Br.Br.CN1CCNCC1c1ccc(Br)nc1. The lowest BCUT2D eigenvalue weighted by molar-refractivity contribution is 0.202. The summed E-state index contributed by atoms with van der Waals surface area (Å²) in [5.41, 5.74) is 1.28. The van der Waals surface area contributed by atoms with E-state index in [1.165, 1.54) is 5.56 Å². The van der Waals surface area contributed by atoms with Crippen LogP contribution in [0.1, 0.15) is 11.6 Å². The molecule has 1 saturated heterocycles. The molecule has 1 aliphatic rings. The number of nitrogens with zero attached hydrogens (tertiary/aromatic N) is 2. The zero-order valence-electron chi connectivity index (χ0n) is 9.02. The predicted molar refractivity (Wildman–Crippen MR) is 80.8 cm³/mol. The molecule has 2 heterocycles. The fourth-order valence-electron chi connectivity index (χ4n) is 1.76. The molecule has 6 heteroatoms. The zero-order valence-corrected chi connectivity index (χ0v) is 14.0. The van der Waals surface area contributed by atoms with Crippen LogP contribution in [0.15, 0.2) is 22.9 Å². The molecule has 0 aliphatic carbocycles. The highest BCUT2D eigenvalue weighted by atomic mass is 79.9. The maximum Gasteiger partial charge on any atom is 0.106 e. The van der Waals surface area contributed by atoms with Gasteiger partial charge in [0.25, 0.3) is 0 Å². The van der Waals surface area contributed by atoms with Gasteiger partial charge >= 0.3 is 0 Å². The monoisotopic (exact) mass is 415 g/mol. The first-order valence-electron chi connectivity index (χ1n) is 4.80. The van der Waals surface area contributed by atoms with Gasteiger partial charge in [-0.25, -0.2) is 4.98 Å². The molecule has 1 atom stereocenters. The molecule has 2 rings (SSSR count). The summed E-state index contributed by atoms with van der Waals surface area (Å²) in [6.45, 7) is 3.19. The Morgan fingerprint density at radius 3 is 2.75 bits per heavy atom. The molecule has 16 heavy (non-hydrogen) atoms. The lowest BCUT2D eigenvalue weighted by Crippen LogP contribution is -2.43. The molecule has 0 bridgehead atoms. The third kappa shape index (κ3) is 4.07. The van der Waals surface area contributed by atoms with Crippen LogP contribution in [-0.4, -0.2) is 36.6 Å². The average Bonchev–Trinajstić information content (AvgIpc) is 2.20. The second-order valence-corrected chi connectivity index (χ2v) is 4.43. The van der Waals surface area contributed by atoms with Gasteiger partial charge in [-0.3, -0.25) is 4.90 Å². The quantitative estimate of drug-likeness (QED) is 0.712. The molecule has 1 unspecified atom stereocenters. The minimum Gasteiger partial charge on any atom is -0.314 e. The number of hydrogen-bond acceptors (Lipinski definition) is 3. The third-order valence-electron chi connectivity index (χ3n) is 2.65. The third-order valence-corrected chi connectivity index (χ3v) is 3.12. The molecule has 0 radical (unpaired) electrons. The maximum atomic E-state index is 4.25. The Kier molecular flexibility index (Phi) is 8.01. The molecule has 0 amide bonds. The van der Waals surface area contributed by atoms with Gasteiger partial charge in [0.05, 0.1) is 0 Å². The van der Waals surface area contributed by atoms with Crippen molar-refractivity contribution in [1.82, 2.24) is 15.2 Å². The number of hydrogen-bond donors (Lipinski definition) is 1. The van der Waals surface area contributed by atoms with Crippen LogP contribution >= 0.6 is 49.9 Å². The first kappa shape index (κ1) is 16.5. The summed E-state index contributed by atoms with van der Waals surface area (Å²) < 4.78 is 0.896. The van der Waals surface area contributed by atoms with E-state index in [2.05, 4.69) is 44.2 Å². The fraction of sp³-hybridized carbons (Fsp3) is 0.500. The molecule has 0 spiro atoms.